The van der Waals surface area contributed by atoms with Crippen LogP contribution in [0.4, 0.5) is 5.00 Å². The lowest BCUT2D eigenvalue weighted by molar-refractivity contribution is -0.117. The minimum atomic E-state index is -0.371. The minimum absolute atomic E-state index is 0.136. The van der Waals surface area contributed by atoms with Gasteiger partial charge in [0.25, 0.3) is 5.89 Å². The summed E-state index contributed by atoms with van der Waals surface area (Å²) in [6.07, 6.45) is 5.19. The molecule has 3 heterocycles. The van der Waals surface area contributed by atoms with Crippen LogP contribution in [0.15, 0.2) is 27.2 Å². The Bertz CT molecular complexity index is 1070. The number of aromatic nitrogens is 2. The molecule has 0 saturated carbocycles. The van der Waals surface area contributed by atoms with Crippen LogP contribution in [-0.4, -0.2) is 46.7 Å². The van der Waals surface area contributed by atoms with Crippen LogP contribution in [0.2, 0.25) is 0 Å². The average Bonchev–Trinajstić information content (AvgIpc) is 3.53. The molecule has 0 saturated heterocycles. The van der Waals surface area contributed by atoms with Crippen LogP contribution >= 0.6 is 11.3 Å². The fraction of sp³-hybridized carbons (Fsp3) is 0.455. The van der Waals surface area contributed by atoms with Gasteiger partial charge in [0.2, 0.25) is 11.8 Å². The highest BCUT2D eigenvalue weighted by Gasteiger charge is 2.28. The number of ether oxygens (including phenoxy) is 1. The molecule has 170 valence electrons. The zero-order chi connectivity index (χ0) is 22.5. The summed E-state index contributed by atoms with van der Waals surface area (Å²) >= 11 is 1.47. The third-order valence-electron chi connectivity index (χ3n) is 5.12. The monoisotopic (exact) mass is 458 g/mol. The lowest BCUT2D eigenvalue weighted by atomic mass is 10.1. The van der Waals surface area contributed by atoms with Gasteiger partial charge in [0.15, 0.2) is 5.76 Å². The maximum Gasteiger partial charge on any atom is 0.341 e. The Morgan fingerprint density at radius 2 is 2.16 bits per heavy atom. The summed E-state index contributed by atoms with van der Waals surface area (Å²) < 4.78 is 16.2. The van der Waals surface area contributed by atoms with Crippen LogP contribution in [0.5, 0.6) is 0 Å². The predicted octanol–water partition coefficient (Wildman–Crippen LogP) is 3.91. The number of nitrogens with one attached hydrogen (secondary N) is 1. The number of fused-ring (bicyclic) bond motifs is 1. The van der Waals surface area contributed by atoms with Gasteiger partial charge in [0.1, 0.15) is 5.00 Å². The van der Waals surface area contributed by atoms with Crippen molar-refractivity contribution >= 4 is 28.2 Å². The Kier molecular flexibility index (Phi) is 7.01. The number of thiophene rings is 1. The lowest BCUT2D eigenvalue weighted by Gasteiger charge is -2.19. The van der Waals surface area contributed by atoms with Gasteiger partial charge in [-0.3, -0.25) is 9.69 Å². The fourth-order valence-electron chi connectivity index (χ4n) is 3.82. The molecule has 1 amide bonds. The van der Waals surface area contributed by atoms with Crippen LogP contribution in [0.3, 0.4) is 0 Å². The number of aryl methyl sites for hydroxylation is 1. The largest absolute Gasteiger partial charge is 0.462 e. The smallest absolute Gasteiger partial charge is 0.341 e. The summed E-state index contributed by atoms with van der Waals surface area (Å²) in [6.45, 7) is 5.26. The Labute approximate surface area is 189 Å². The Hall–Kier alpha value is -2.98. The van der Waals surface area contributed by atoms with E-state index in [2.05, 4.69) is 15.5 Å². The second-order valence-electron chi connectivity index (χ2n) is 7.52. The second kappa shape index (κ2) is 10.1. The van der Waals surface area contributed by atoms with E-state index >= 15 is 0 Å². The van der Waals surface area contributed by atoms with Crippen molar-refractivity contribution in [1.29, 1.82) is 0 Å². The predicted molar refractivity (Wildman–Crippen MR) is 118 cm³/mol. The number of nitrogens with zero attached hydrogens (tertiary/aromatic N) is 3. The van der Waals surface area contributed by atoms with Crippen LogP contribution in [0.1, 0.15) is 53.4 Å². The summed E-state index contributed by atoms with van der Waals surface area (Å²) in [4.78, 5) is 28.5. The van der Waals surface area contributed by atoms with Crippen LogP contribution < -0.4 is 5.32 Å². The van der Waals surface area contributed by atoms with Gasteiger partial charge in [-0.15, -0.1) is 21.5 Å². The molecule has 0 spiro atoms. The molecule has 3 aromatic rings. The number of amides is 1. The summed E-state index contributed by atoms with van der Waals surface area (Å²) in [5.74, 6) is 0.637. The van der Waals surface area contributed by atoms with Crippen LogP contribution in [-0.2, 0) is 28.9 Å². The van der Waals surface area contributed by atoms with Gasteiger partial charge >= 0.3 is 5.97 Å². The van der Waals surface area contributed by atoms with Gasteiger partial charge in [-0.05, 0) is 56.8 Å². The number of hydrogen-bond acceptors (Lipinski definition) is 9. The molecule has 0 radical (unpaired) electrons. The summed E-state index contributed by atoms with van der Waals surface area (Å²) in [5, 5.41) is 11.6. The van der Waals surface area contributed by atoms with E-state index < -0.39 is 0 Å². The molecule has 1 aliphatic carbocycles. The number of rotatable bonds is 10. The first-order valence-corrected chi connectivity index (χ1v) is 11.6. The first-order valence-electron chi connectivity index (χ1n) is 10.8. The number of furan rings is 1. The van der Waals surface area contributed by atoms with E-state index in [4.69, 9.17) is 13.6 Å². The molecule has 10 heteroatoms. The molecule has 0 aromatic carbocycles. The number of carbonyl (C=O) groups excluding carboxylic acids is 2. The Balaban J connectivity index is 1.43. The van der Waals surface area contributed by atoms with Crippen molar-refractivity contribution < 1.29 is 23.2 Å². The molecule has 9 nitrogen and oxygen atoms in total. The third kappa shape index (κ3) is 4.91. The van der Waals surface area contributed by atoms with Crippen LogP contribution in [0.25, 0.3) is 11.7 Å². The third-order valence-corrected chi connectivity index (χ3v) is 6.33. The first-order chi connectivity index (χ1) is 15.6. The summed E-state index contributed by atoms with van der Waals surface area (Å²) in [7, 11) is 0. The summed E-state index contributed by atoms with van der Waals surface area (Å²) in [5.41, 5.74) is 1.53. The molecule has 1 N–H and O–H groups in total. The number of anilines is 1. The van der Waals surface area contributed by atoms with E-state index in [1.165, 1.54) is 17.6 Å². The fourth-order valence-corrected chi connectivity index (χ4v) is 5.11. The molecule has 0 atom stereocenters. The molecule has 3 aromatic heterocycles. The zero-order valence-electron chi connectivity index (χ0n) is 18.2. The maximum absolute atomic E-state index is 12.9. The number of hydrogen-bond donors (Lipinski definition) is 1. The number of carbonyl (C=O) groups is 2. The van der Waals surface area contributed by atoms with E-state index in [0.29, 0.717) is 47.8 Å². The molecular formula is C22H26N4O5S. The lowest BCUT2D eigenvalue weighted by Crippen LogP contribution is -2.33. The van der Waals surface area contributed by atoms with Crippen molar-refractivity contribution in [3.8, 4) is 11.7 Å². The minimum Gasteiger partial charge on any atom is -0.462 e. The number of esters is 1. The molecule has 0 bridgehead atoms. The van der Waals surface area contributed by atoms with Gasteiger partial charge in [-0.25, -0.2) is 4.79 Å². The van der Waals surface area contributed by atoms with Crippen molar-refractivity contribution in [1.82, 2.24) is 15.1 Å². The highest BCUT2D eigenvalue weighted by Crippen LogP contribution is 2.39. The van der Waals surface area contributed by atoms with Crippen molar-refractivity contribution in [2.24, 2.45) is 0 Å². The van der Waals surface area contributed by atoms with E-state index in [-0.39, 0.29) is 18.4 Å². The van der Waals surface area contributed by atoms with Crippen LogP contribution in [0, 0.1) is 0 Å². The average molecular weight is 459 g/mol. The van der Waals surface area contributed by atoms with Crippen molar-refractivity contribution in [3.05, 3.63) is 40.3 Å². The standard InChI is InChI=1S/C22H26N4O5S/c1-3-10-26(13-18-24-25-20(31-18)15-8-6-11-30-15)12-17(27)23-21-19(22(28)29-4-2)14-7-5-9-16(14)32-21/h6,8,11H,3-5,7,9-10,12-13H2,1-2H3,(H,23,27). The van der Waals surface area contributed by atoms with E-state index in [0.717, 1.165) is 36.1 Å². The van der Waals surface area contributed by atoms with Gasteiger partial charge in [0, 0.05) is 4.88 Å². The highest BCUT2D eigenvalue weighted by molar-refractivity contribution is 7.17. The zero-order valence-corrected chi connectivity index (χ0v) is 19.0. The molecule has 32 heavy (non-hydrogen) atoms. The SMILES string of the molecule is CCCN(CC(=O)Nc1sc2c(c1C(=O)OCC)CCC2)Cc1nnc(-c2ccco2)o1. The van der Waals surface area contributed by atoms with E-state index in [9.17, 15) is 9.59 Å². The van der Waals surface area contributed by atoms with Crippen molar-refractivity contribution in [3.63, 3.8) is 0 Å². The van der Waals surface area contributed by atoms with Gasteiger partial charge < -0.3 is 18.9 Å². The maximum atomic E-state index is 12.9. The molecule has 0 fully saturated rings. The van der Waals surface area contributed by atoms with Gasteiger partial charge in [-0.1, -0.05) is 6.92 Å². The molecular weight excluding hydrogens is 432 g/mol. The quantitative estimate of drug-likeness (QED) is 0.455. The first kappa shape index (κ1) is 22.2. The second-order valence-corrected chi connectivity index (χ2v) is 8.62. The molecule has 0 unspecified atom stereocenters. The molecule has 0 aliphatic heterocycles. The van der Waals surface area contributed by atoms with Gasteiger partial charge in [-0.2, -0.15) is 0 Å². The summed E-state index contributed by atoms with van der Waals surface area (Å²) in [6, 6.07) is 3.49. The molecule has 4 rings (SSSR count). The molecule has 1 aliphatic rings. The van der Waals surface area contributed by atoms with Crippen molar-refractivity contribution in [2.45, 2.75) is 46.1 Å². The van der Waals surface area contributed by atoms with E-state index in [1.807, 2.05) is 11.8 Å². The topological polar surface area (TPSA) is 111 Å². The Morgan fingerprint density at radius 1 is 1.28 bits per heavy atom. The van der Waals surface area contributed by atoms with Crippen molar-refractivity contribution in [2.75, 3.05) is 25.0 Å². The highest BCUT2D eigenvalue weighted by atomic mass is 32.1. The van der Waals surface area contributed by atoms with E-state index in [1.54, 1.807) is 19.1 Å². The normalized spacial score (nSPS) is 12.8. The van der Waals surface area contributed by atoms with Gasteiger partial charge in [0.05, 0.1) is 31.5 Å². The Morgan fingerprint density at radius 3 is 2.91 bits per heavy atom.